The molecule has 0 atom stereocenters. The van der Waals surface area contributed by atoms with Gasteiger partial charge in [-0.25, -0.2) is 30.7 Å². The third-order valence-corrected chi connectivity index (χ3v) is 7.36. The molecule has 0 saturated heterocycles. The van der Waals surface area contributed by atoms with E-state index in [1.54, 1.807) is 24.3 Å². The van der Waals surface area contributed by atoms with Crippen molar-refractivity contribution < 1.29 is 39.9 Å². The highest BCUT2D eigenvalue weighted by atomic mass is 19.2. The molecule has 240 valence electrons. The Morgan fingerprint density at radius 2 is 1.24 bits per heavy atom. The Labute approximate surface area is 262 Å². The zero-order chi connectivity index (χ0) is 33.4. The lowest BCUT2D eigenvalue weighted by molar-refractivity contribution is 0.411. The van der Waals surface area contributed by atoms with Crippen molar-refractivity contribution in [2.75, 3.05) is 13.8 Å². The Bertz CT molecular complexity index is 1750. The molecule has 0 heterocycles. The van der Waals surface area contributed by atoms with Gasteiger partial charge < -0.3 is 4.74 Å². The van der Waals surface area contributed by atoms with Gasteiger partial charge in [0.05, 0.1) is 30.5 Å². The van der Waals surface area contributed by atoms with E-state index in [2.05, 4.69) is 11.8 Å². The van der Waals surface area contributed by atoms with Gasteiger partial charge in [0.2, 0.25) is 0 Å². The van der Waals surface area contributed by atoms with Crippen LogP contribution in [0.5, 0.6) is 5.75 Å². The van der Waals surface area contributed by atoms with E-state index < -0.39 is 58.5 Å². The Hall–Kier alpha value is -4.58. The van der Waals surface area contributed by atoms with E-state index in [0.29, 0.717) is 42.5 Å². The van der Waals surface area contributed by atoms with Crippen LogP contribution in [0, 0.1) is 40.9 Å². The van der Waals surface area contributed by atoms with Gasteiger partial charge in [-0.3, -0.25) is 4.39 Å². The highest BCUT2D eigenvalue weighted by Crippen LogP contribution is 2.36. The van der Waals surface area contributed by atoms with Crippen molar-refractivity contribution in [2.45, 2.75) is 45.4 Å². The van der Waals surface area contributed by atoms with E-state index in [1.807, 2.05) is 6.92 Å². The smallest absolute Gasteiger partial charge is 0.172 e. The summed E-state index contributed by atoms with van der Waals surface area (Å²) in [6, 6.07) is 11.8. The summed E-state index contributed by atoms with van der Waals surface area (Å²) in [5.74, 6) is -5.69. The van der Waals surface area contributed by atoms with E-state index in [1.165, 1.54) is 13.2 Å². The van der Waals surface area contributed by atoms with Crippen molar-refractivity contribution in [3.05, 3.63) is 123 Å². The van der Waals surface area contributed by atoms with Crippen molar-refractivity contribution in [3.63, 3.8) is 0 Å². The second-order valence-electron chi connectivity index (χ2n) is 10.6. The number of halogens is 8. The van der Waals surface area contributed by atoms with E-state index in [9.17, 15) is 26.3 Å². The Kier molecular flexibility index (Phi) is 11.6. The third-order valence-electron chi connectivity index (χ3n) is 7.36. The fourth-order valence-corrected chi connectivity index (χ4v) is 4.92. The SMILES string of the molecule is CCCCCc1cc(OC)c(C#Cc2cc(F)c(/C(F)=C(\F)c3c(F)cc(-c4ccc(CCCF)cc4)cc3F)c(F)c2)cc1F. The summed E-state index contributed by atoms with van der Waals surface area (Å²) in [4.78, 5) is 0. The average Bonchev–Trinajstić information content (AvgIpc) is 3.03. The number of hydrogen-bond acceptors (Lipinski definition) is 1. The first-order valence-electron chi connectivity index (χ1n) is 14.7. The second-order valence-corrected chi connectivity index (χ2v) is 10.6. The fourth-order valence-electron chi connectivity index (χ4n) is 4.92. The molecule has 46 heavy (non-hydrogen) atoms. The zero-order valence-corrected chi connectivity index (χ0v) is 25.2. The molecule has 4 aromatic rings. The van der Waals surface area contributed by atoms with Gasteiger partial charge in [-0.2, -0.15) is 0 Å². The molecule has 4 aromatic carbocycles. The lowest BCUT2D eigenvalue weighted by Gasteiger charge is -2.10. The molecule has 0 N–H and O–H groups in total. The molecule has 0 unspecified atom stereocenters. The molecule has 0 aromatic heterocycles. The lowest BCUT2D eigenvalue weighted by Crippen LogP contribution is -1.99. The normalized spacial score (nSPS) is 11.6. The van der Waals surface area contributed by atoms with Crippen LogP contribution in [0.25, 0.3) is 22.8 Å². The first-order valence-corrected chi connectivity index (χ1v) is 14.7. The number of rotatable bonds is 11. The van der Waals surface area contributed by atoms with Gasteiger partial charge >= 0.3 is 0 Å². The maximum atomic E-state index is 15.1. The molecular formula is C37H30F8O. The molecular weight excluding hydrogens is 612 g/mol. The van der Waals surface area contributed by atoms with Gasteiger partial charge in [0.25, 0.3) is 0 Å². The molecule has 1 nitrogen and oxygen atoms in total. The maximum absolute atomic E-state index is 15.1. The predicted octanol–water partition coefficient (Wildman–Crippen LogP) is 10.9. The zero-order valence-electron chi connectivity index (χ0n) is 25.2. The number of alkyl halides is 1. The van der Waals surface area contributed by atoms with Crippen LogP contribution in [0.4, 0.5) is 35.1 Å². The molecule has 0 saturated carbocycles. The minimum absolute atomic E-state index is 0.00642. The van der Waals surface area contributed by atoms with Gasteiger partial charge in [-0.05, 0) is 84.3 Å². The Balaban J connectivity index is 1.63. The average molecular weight is 643 g/mol. The monoisotopic (exact) mass is 642 g/mol. The van der Waals surface area contributed by atoms with Crippen molar-refractivity contribution in [2.24, 2.45) is 0 Å². The maximum Gasteiger partial charge on any atom is 0.172 e. The molecule has 0 radical (unpaired) electrons. The molecule has 0 amide bonds. The van der Waals surface area contributed by atoms with Crippen LogP contribution in [0.2, 0.25) is 0 Å². The van der Waals surface area contributed by atoms with Gasteiger partial charge in [0.1, 0.15) is 34.8 Å². The Morgan fingerprint density at radius 1 is 0.652 bits per heavy atom. The van der Waals surface area contributed by atoms with E-state index in [4.69, 9.17) is 4.74 Å². The van der Waals surface area contributed by atoms with Crippen molar-refractivity contribution in [1.29, 1.82) is 0 Å². The van der Waals surface area contributed by atoms with Crippen molar-refractivity contribution >= 4 is 11.7 Å². The van der Waals surface area contributed by atoms with Crippen LogP contribution in [-0.4, -0.2) is 13.8 Å². The number of methoxy groups -OCH3 is 1. The van der Waals surface area contributed by atoms with Crippen molar-refractivity contribution in [3.8, 4) is 28.7 Å². The second kappa shape index (κ2) is 15.6. The van der Waals surface area contributed by atoms with Crippen molar-refractivity contribution in [1.82, 2.24) is 0 Å². The fraction of sp³-hybridized carbons (Fsp3) is 0.243. The summed E-state index contributed by atoms with van der Waals surface area (Å²) in [6.45, 7) is 1.53. The van der Waals surface area contributed by atoms with Gasteiger partial charge in [-0.1, -0.05) is 55.9 Å². The topological polar surface area (TPSA) is 9.23 Å². The van der Waals surface area contributed by atoms with Crippen LogP contribution < -0.4 is 4.74 Å². The number of ether oxygens (including phenoxy) is 1. The molecule has 0 aliphatic carbocycles. The summed E-state index contributed by atoms with van der Waals surface area (Å²) in [5, 5.41) is 0. The van der Waals surface area contributed by atoms with Gasteiger partial charge in [0.15, 0.2) is 11.7 Å². The van der Waals surface area contributed by atoms with Crippen LogP contribution in [-0.2, 0) is 12.8 Å². The quantitative estimate of drug-likeness (QED) is 0.0685. The van der Waals surface area contributed by atoms with Crippen LogP contribution in [0.1, 0.15) is 66.0 Å². The van der Waals surface area contributed by atoms with Crippen LogP contribution >= 0.6 is 0 Å². The highest BCUT2D eigenvalue weighted by Gasteiger charge is 2.25. The summed E-state index contributed by atoms with van der Waals surface area (Å²) < 4.78 is 122. The number of unbranched alkanes of at least 4 members (excludes halogenated alkanes) is 2. The van der Waals surface area contributed by atoms with Gasteiger partial charge in [-0.15, -0.1) is 0 Å². The predicted molar refractivity (Wildman–Crippen MR) is 164 cm³/mol. The molecule has 9 heteroatoms. The largest absolute Gasteiger partial charge is 0.495 e. The summed E-state index contributed by atoms with van der Waals surface area (Å²) >= 11 is 0. The van der Waals surface area contributed by atoms with Gasteiger partial charge in [0, 0.05) is 5.56 Å². The van der Waals surface area contributed by atoms with E-state index >= 15 is 8.78 Å². The third kappa shape index (κ3) is 7.97. The van der Waals surface area contributed by atoms with Crippen LogP contribution in [0.15, 0.2) is 60.7 Å². The molecule has 0 aliphatic rings. The number of aryl methyl sites for hydroxylation is 2. The summed E-state index contributed by atoms with van der Waals surface area (Å²) in [6.07, 6.45) is 3.94. The molecule has 0 spiro atoms. The number of hydrogen-bond donors (Lipinski definition) is 0. The number of benzene rings is 4. The minimum Gasteiger partial charge on any atom is -0.495 e. The van der Waals surface area contributed by atoms with Crippen LogP contribution in [0.3, 0.4) is 0 Å². The first-order chi connectivity index (χ1) is 22.1. The summed E-state index contributed by atoms with van der Waals surface area (Å²) in [5.41, 5.74) is -1.50. The molecule has 4 rings (SSSR count). The Morgan fingerprint density at radius 3 is 1.78 bits per heavy atom. The minimum atomic E-state index is -2.15. The lowest BCUT2D eigenvalue weighted by atomic mass is 9.99. The molecule has 0 bridgehead atoms. The van der Waals surface area contributed by atoms with E-state index in [0.717, 1.165) is 43.0 Å². The summed E-state index contributed by atoms with van der Waals surface area (Å²) in [7, 11) is 1.36. The highest BCUT2D eigenvalue weighted by molar-refractivity contribution is 5.85. The standard InChI is InChI=1S/C37H30F8O/c1-3-4-5-8-25-21-33(46-2)26(18-28(25)39)14-11-23-16-29(40)34(30(41)17-23)36(44)37(45)35-31(42)19-27(20-32(35)43)24-12-9-22(10-13-24)7-6-15-38/h9-10,12-13,16-21H,3-8,15H2,1-2H3/b37-36+. The molecule has 0 aliphatic heterocycles. The first kappa shape index (κ1) is 34.3. The van der Waals surface area contributed by atoms with E-state index in [-0.39, 0.29) is 22.4 Å². The molecule has 0 fully saturated rings.